The number of piperidine rings is 1. The van der Waals surface area contributed by atoms with E-state index in [0.29, 0.717) is 36.2 Å². The summed E-state index contributed by atoms with van der Waals surface area (Å²) in [4.78, 5) is 26.8. The minimum Gasteiger partial charge on any atom is -0.477 e. The van der Waals surface area contributed by atoms with Gasteiger partial charge in [-0.25, -0.2) is 15.0 Å². The lowest BCUT2D eigenvalue weighted by Crippen LogP contribution is -2.44. The zero-order valence-electron chi connectivity index (χ0n) is 13.9. The number of pyridine rings is 1. The molecule has 0 aromatic carbocycles. The topological polar surface area (TPSA) is 77.4 Å². The Morgan fingerprint density at radius 1 is 1.36 bits per heavy atom. The van der Waals surface area contributed by atoms with Gasteiger partial charge in [0.15, 0.2) is 0 Å². The first-order chi connectivity index (χ1) is 12.2. The summed E-state index contributed by atoms with van der Waals surface area (Å²) in [5.41, 5.74) is 0.466. The molecule has 1 atom stereocenters. The number of carbonyl (C=O) groups excluding carboxylic acids is 1. The molecule has 2 aromatic rings. The summed E-state index contributed by atoms with van der Waals surface area (Å²) in [5.74, 6) is 0.251. The molecule has 0 spiro atoms. The Kier molecular flexibility index (Phi) is 5.65. The third-order valence-electron chi connectivity index (χ3n) is 3.82. The van der Waals surface area contributed by atoms with Crippen molar-refractivity contribution in [1.82, 2.24) is 19.9 Å². The minimum absolute atomic E-state index is 0.109. The standard InChI is InChI=1S/C17H19ClN4O3/c1-2-24-15-14(6-3-7-19-15)16(23)22-8-4-5-13(11-22)25-17-20-9-12(18)10-21-17/h3,6-7,9-10,13H,2,4-5,8,11H2,1H3. The quantitative estimate of drug-likeness (QED) is 0.813. The largest absolute Gasteiger partial charge is 0.477 e. The van der Waals surface area contributed by atoms with E-state index in [-0.39, 0.29) is 18.0 Å². The van der Waals surface area contributed by atoms with E-state index in [0.717, 1.165) is 12.8 Å². The van der Waals surface area contributed by atoms with Crippen LogP contribution in [-0.4, -0.2) is 51.6 Å². The van der Waals surface area contributed by atoms with E-state index < -0.39 is 0 Å². The highest BCUT2D eigenvalue weighted by Crippen LogP contribution is 2.21. The van der Waals surface area contributed by atoms with E-state index in [1.165, 1.54) is 12.4 Å². The number of amides is 1. The molecule has 3 heterocycles. The van der Waals surface area contributed by atoms with Gasteiger partial charge in [0, 0.05) is 12.7 Å². The molecular formula is C17H19ClN4O3. The van der Waals surface area contributed by atoms with Crippen LogP contribution in [0.5, 0.6) is 11.9 Å². The molecule has 1 aliphatic heterocycles. The predicted octanol–water partition coefficient (Wildman–Crippen LogP) is 2.61. The van der Waals surface area contributed by atoms with Crippen molar-refractivity contribution in [2.24, 2.45) is 0 Å². The van der Waals surface area contributed by atoms with Gasteiger partial charge >= 0.3 is 6.01 Å². The lowest BCUT2D eigenvalue weighted by molar-refractivity contribution is 0.0511. The van der Waals surface area contributed by atoms with Gasteiger partial charge in [0.1, 0.15) is 11.7 Å². The molecule has 25 heavy (non-hydrogen) atoms. The smallest absolute Gasteiger partial charge is 0.316 e. The van der Waals surface area contributed by atoms with E-state index in [4.69, 9.17) is 21.1 Å². The summed E-state index contributed by atoms with van der Waals surface area (Å²) >= 11 is 5.78. The van der Waals surface area contributed by atoms with Crippen molar-refractivity contribution in [3.63, 3.8) is 0 Å². The average molecular weight is 363 g/mol. The Morgan fingerprint density at radius 2 is 2.16 bits per heavy atom. The Labute approximate surface area is 151 Å². The Morgan fingerprint density at radius 3 is 2.92 bits per heavy atom. The van der Waals surface area contributed by atoms with Crippen LogP contribution in [-0.2, 0) is 0 Å². The number of halogens is 1. The van der Waals surface area contributed by atoms with E-state index in [1.54, 1.807) is 23.2 Å². The molecule has 0 saturated carbocycles. The van der Waals surface area contributed by atoms with Gasteiger partial charge in [0.2, 0.25) is 5.88 Å². The average Bonchev–Trinajstić information content (AvgIpc) is 2.64. The number of carbonyl (C=O) groups is 1. The summed E-state index contributed by atoms with van der Waals surface area (Å²) in [7, 11) is 0. The van der Waals surface area contributed by atoms with Gasteiger partial charge in [0.25, 0.3) is 5.91 Å². The number of likely N-dealkylation sites (tertiary alicyclic amines) is 1. The van der Waals surface area contributed by atoms with Gasteiger partial charge in [-0.1, -0.05) is 11.6 Å². The molecule has 1 unspecified atom stereocenters. The molecule has 8 heteroatoms. The number of rotatable bonds is 5. The Bertz CT molecular complexity index is 726. The summed E-state index contributed by atoms with van der Waals surface area (Å²) in [6, 6.07) is 3.72. The lowest BCUT2D eigenvalue weighted by Gasteiger charge is -2.32. The van der Waals surface area contributed by atoms with E-state index in [2.05, 4.69) is 15.0 Å². The molecule has 1 aliphatic rings. The highest BCUT2D eigenvalue weighted by atomic mass is 35.5. The summed E-state index contributed by atoms with van der Waals surface area (Å²) < 4.78 is 11.2. The summed E-state index contributed by atoms with van der Waals surface area (Å²) in [5, 5.41) is 0.452. The van der Waals surface area contributed by atoms with Crippen LogP contribution >= 0.6 is 11.6 Å². The van der Waals surface area contributed by atoms with Gasteiger partial charge in [-0.15, -0.1) is 0 Å². The van der Waals surface area contributed by atoms with Crippen molar-refractivity contribution < 1.29 is 14.3 Å². The Balaban J connectivity index is 1.68. The van der Waals surface area contributed by atoms with E-state index in [1.807, 2.05) is 6.92 Å². The second-order valence-corrected chi connectivity index (χ2v) is 6.04. The molecule has 1 saturated heterocycles. The fraction of sp³-hybridized carbons (Fsp3) is 0.412. The molecule has 7 nitrogen and oxygen atoms in total. The monoisotopic (exact) mass is 362 g/mol. The normalized spacial score (nSPS) is 17.2. The minimum atomic E-state index is -0.161. The molecule has 1 fully saturated rings. The van der Waals surface area contributed by atoms with E-state index >= 15 is 0 Å². The van der Waals surface area contributed by atoms with Crippen LogP contribution in [0, 0.1) is 0 Å². The van der Waals surface area contributed by atoms with Crippen molar-refractivity contribution >= 4 is 17.5 Å². The van der Waals surface area contributed by atoms with Crippen LogP contribution in [0.2, 0.25) is 5.02 Å². The SMILES string of the molecule is CCOc1ncccc1C(=O)N1CCCC(Oc2ncc(Cl)cn2)C1. The predicted molar refractivity (Wildman–Crippen MR) is 92.0 cm³/mol. The Hall–Kier alpha value is -2.41. The number of hydrogen-bond acceptors (Lipinski definition) is 6. The molecule has 0 radical (unpaired) electrons. The van der Waals surface area contributed by atoms with E-state index in [9.17, 15) is 4.79 Å². The van der Waals surface area contributed by atoms with Gasteiger partial charge < -0.3 is 14.4 Å². The molecule has 0 aliphatic carbocycles. The number of ether oxygens (including phenoxy) is 2. The highest BCUT2D eigenvalue weighted by molar-refractivity contribution is 6.30. The van der Waals surface area contributed by atoms with Gasteiger partial charge in [-0.05, 0) is 31.9 Å². The molecule has 3 rings (SSSR count). The number of nitrogens with zero attached hydrogens (tertiary/aromatic N) is 4. The zero-order valence-corrected chi connectivity index (χ0v) is 14.6. The number of aromatic nitrogens is 3. The maximum Gasteiger partial charge on any atom is 0.316 e. The van der Waals surface area contributed by atoms with Crippen molar-refractivity contribution in [1.29, 1.82) is 0 Å². The summed E-state index contributed by atoms with van der Waals surface area (Å²) in [6.07, 6.45) is 6.10. The van der Waals surface area contributed by atoms with Gasteiger partial charge in [0.05, 0.1) is 30.6 Å². The fourth-order valence-corrected chi connectivity index (χ4v) is 2.80. The first-order valence-corrected chi connectivity index (χ1v) is 8.56. The second kappa shape index (κ2) is 8.11. The molecule has 0 N–H and O–H groups in total. The third kappa shape index (κ3) is 4.36. The van der Waals surface area contributed by atoms with Crippen LogP contribution in [0.25, 0.3) is 0 Å². The molecule has 132 valence electrons. The van der Waals surface area contributed by atoms with Gasteiger partial charge in [-0.2, -0.15) is 0 Å². The van der Waals surface area contributed by atoms with Crippen LogP contribution in [0.3, 0.4) is 0 Å². The first-order valence-electron chi connectivity index (χ1n) is 8.18. The van der Waals surface area contributed by atoms with Gasteiger partial charge in [-0.3, -0.25) is 4.79 Å². The maximum atomic E-state index is 12.8. The molecule has 1 amide bonds. The third-order valence-corrected chi connectivity index (χ3v) is 4.01. The van der Waals surface area contributed by atoms with Crippen molar-refractivity contribution in [3.8, 4) is 11.9 Å². The molecule has 2 aromatic heterocycles. The maximum absolute atomic E-state index is 12.8. The highest BCUT2D eigenvalue weighted by Gasteiger charge is 2.28. The van der Waals surface area contributed by atoms with Crippen LogP contribution in [0.15, 0.2) is 30.7 Å². The number of hydrogen-bond donors (Lipinski definition) is 0. The fourth-order valence-electron chi connectivity index (χ4n) is 2.70. The molecule has 0 bridgehead atoms. The molecular weight excluding hydrogens is 344 g/mol. The van der Waals surface area contributed by atoms with Crippen molar-refractivity contribution in [2.45, 2.75) is 25.9 Å². The van der Waals surface area contributed by atoms with Crippen LogP contribution in [0.1, 0.15) is 30.1 Å². The van der Waals surface area contributed by atoms with Crippen LogP contribution < -0.4 is 9.47 Å². The van der Waals surface area contributed by atoms with Crippen LogP contribution in [0.4, 0.5) is 0 Å². The lowest BCUT2D eigenvalue weighted by atomic mass is 10.1. The zero-order chi connectivity index (χ0) is 17.6. The first kappa shape index (κ1) is 17.4. The summed E-state index contributed by atoms with van der Waals surface area (Å²) in [6.45, 7) is 3.45. The van der Waals surface area contributed by atoms with Crippen molar-refractivity contribution in [2.75, 3.05) is 19.7 Å². The van der Waals surface area contributed by atoms with Crippen molar-refractivity contribution in [3.05, 3.63) is 41.3 Å². The second-order valence-electron chi connectivity index (χ2n) is 5.61.